The van der Waals surface area contributed by atoms with Crippen molar-refractivity contribution in [3.8, 4) is 6.07 Å². The maximum atomic E-state index is 9.25. The zero-order valence-electron chi connectivity index (χ0n) is 12.3. The molecule has 0 aliphatic heterocycles. The summed E-state index contributed by atoms with van der Waals surface area (Å²) in [6.07, 6.45) is 3.30. The van der Waals surface area contributed by atoms with Crippen molar-refractivity contribution in [1.82, 2.24) is 9.55 Å². The van der Waals surface area contributed by atoms with E-state index in [1.54, 1.807) is 13.2 Å². The third-order valence-electron chi connectivity index (χ3n) is 4.43. The number of hydrogen-bond donors (Lipinski definition) is 0. The number of nitrogens with zero attached hydrogens (tertiary/aromatic N) is 3. The Balaban J connectivity index is 2.15. The van der Waals surface area contributed by atoms with Crippen LogP contribution in [-0.4, -0.2) is 22.3 Å². The van der Waals surface area contributed by atoms with Crippen molar-refractivity contribution in [3.05, 3.63) is 29.6 Å². The molecule has 0 N–H and O–H groups in total. The van der Waals surface area contributed by atoms with Crippen molar-refractivity contribution in [3.63, 3.8) is 0 Å². The van der Waals surface area contributed by atoms with Gasteiger partial charge in [0.1, 0.15) is 17.4 Å². The van der Waals surface area contributed by atoms with Crippen LogP contribution in [0.15, 0.2) is 18.2 Å². The van der Waals surface area contributed by atoms with Gasteiger partial charge in [0.2, 0.25) is 0 Å². The molecule has 1 aliphatic carbocycles. The Morgan fingerprint density at radius 2 is 2.29 bits per heavy atom. The second-order valence-corrected chi connectivity index (χ2v) is 6.35. The molecule has 1 heterocycles. The van der Waals surface area contributed by atoms with Gasteiger partial charge in [0.05, 0.1) is 28.6 Å². The van der Waals surface area contributed by atoms with E-state index in [2.05, 4.69) is 15.6 Å². The Morgan fingerprint density at radius 3 is 2.81 bits per heavy atom. The lowest BCUT2D eigenvalue weighted by Gasteiger charge is -2.41. The zero-order chi connectivity index (χ0) is 15.0. The number of nitriles is 1. The molecule has 21 heavy (non-hydrogen) atoms. The van der Waals surface area contributed by atoms with E-state index in [1.165, 1.54) is 6.42 Å². The fourth-order valence-corrected chi connectivity index (χ4v) is 3.18. The van der Waals surface area contributed by atoms with Gasteiger partial charge in [0.25, 0.3) is 0 Å². The van der Waals surface area contributed by atoms with Gasteiger partial charge >= 0.3 is 0 Å². The minimum absolute atomic E-state index is 0.114. The molecule has 1 unspecified atom stereocenters. The highest BCUT2D eigenvalue weighted by molar-refractivity contribution is 6.20. The zero-order valence-corrected chi connectivity index (χ0v) is 13.0. The lowest BCUT2D eigenvalue weighted by atomic mass is 9.80. The molecule has 0 spiro atoms. The molecular formula is C16H18ClN3O. The molecule has 5 heteroatoms. The summed E-state index contributed by atoms with van der Waals surface area (Å²) >= 11 is 6.30. The normalized spacial score (nSPS) is 18.2. The number of aromatic nitrogens is 2. The van der Waals surface area contributed by atoms with Crippen LogP contribution in [-0.2, 0) is 11.3 Å². The Labute approximate surface area is 129 Å². The van der Waals surface area contributed by atoms with Crippen molar-refractivity contribution in [1.29, 1.82) is 5.26 Å². The van der Waals surface area contributed by atoms with E-state index in [9.17, 15) is 5.26 Å². The SMILES string of the molecule is COC1(Cn2c(C(C)Cl)nc3c(C#N)cccc32)CCC1. The summed E-state index contributed by atoms with van der Waals surface area (Å²) in [4.78, 5) is 4.61. The van der Waals surface area contributed by atoms with Gasteiger partial charge in [-0.05, 0) is 38.3 Å². The second kappa shape index (κ2) is 5.32. The van der Waals surface area contributed by atoms with E-state index >= 15 is 0 Å². The monoisotopic (exact) mass is 303 g/mol. The average Bonchev–Trinajstić information content (AvgIpc) is 2.81. The van der Waals surface area contributed by atoms with E-state index in [-0.39, 0.29) is 11.0 Å². The highest BCUT2D eigenvalue weighted by Gasteiger charge is 2.38. The van der Waals surface area contributed by atoms with Gasteiger partial charge in [-0.2, -0.15) is 5.26 Å². The molecule has 3 rings (SSSR count). The van der Waals surface area contributed by atoms with E-state index < -0.39 is 0 Å². The molecule has 0 radical (unpaired) electrons. The van der Waals surface area contributed by atoms with Crippen molar-refractivity contribution in [2.75, 3.05) is 7.11 Å². The maximum absolute atomic E-state index is 9.25. The van der Waals surface area contributed by atoms with Crippen LogP contribution in [0.3, 0.4) is 0 Å². The van der Waals surface area contributed by atoms with Gasteiger partial charge in [0, 0.05) is 7.11 Å². The fraction of sp³-hybridized carbons (Fsp3) is 0.500. The minimum Gasteiger partial charge on any atom is -0.376 e. The Morgan fingerprint density at radius 1 is 1.52 bits per heavy atom. The highest BCUT2D eigenvalue weighted by Crippen LogP contribution is 2.38. The number of methoxy groups -OCH3 is 1. The fourth-order valence-electron chi connectivity index (χ4n) is 3.01. The number of alkyl halides is 1. The lowest BCUT2D eigenvalue weighted by molar-refractivity contribution is -0.0832. The minimum atomic E-state index is -0.210. The number of imidazole rings is 1. The summed E-state index contributed by atoms with van der Waals surface area (Å²) < 4.78 is 7.85. The number of halogens is 1. The predicted octanol–water partition coefficient (Wildman–Crippen LogP) is 3.78. The third kappa shape index (κ3) is 2.31. The third-order valence-corrected chi connectivity index (χ3v) is 4.62. The topological polar surface area (TPSA) is 50.8 Å². The number of rotatable bonds is 4. The van der Waals surface area contributed by atoms with Crippen molar-refractivity contribution < 1.29 is 4.74 Å². The van der Waals surface area contributed by atoms with Crippen LogP contribution in [0, 0.1) is 11.3 Å². The molecule has 0 saturated heterocycles. The Kier molecular flexibility index (Phi) is 3.64. The molecule has 2 aromatic rings. The molecule has 4 nitrogen and oxygen atoms in total. The molecule has 0 bridgehead atoms. The number of benzene rings is 1. The van der Waals surface area contributed by atoms with Gasteiger partial charge in [-0.1, -0.05) is 6.07 Å². The molecule has 1 aromatic carbocycles. The van der Waals surface area contributed by atoms with Crippen LogP contribution in [0.4, 0.5) is 0 Å². The second-order valence-electron chi connectivity index (χ2n) is 5.70. The van der Waals surface area contributed by atoms with E-state index in [0.717, 1.165) is 36.2 Å². The van der Waals surface area contributed by atoms with Crippen LogP contribution in [0.2, 0.25) is 0 Å². The smallest absolute Gasteiger partial charge is 0.127 e. The first-order valence-electron chi connectivity index (χ1n) is 7.19. The maximum Gasteiger partial charge on any atom is 0.127 e. The van der Waals surface area contributed by atoms with Crippen LogP contribution in [0.1, 0.15) is 43.0 Å². The van der Waals surface area contributed by atoms with Crippen molar-refractivity contribution >= 4 is 22.6 Å². The van der Waals surface area contributed by atoms with Crippen LogP contribution in [0.5, 0.6) is 0 Å². The first-order chi connectivity index (χ1) is 10.1. The van der Waals surface area contributed by atoms with Gasteiger partial charge in [0.15, 0.2) is 0 Å². The Bertz CT molecular complexity index is 705. The molecule has 1 aromatic heterocycles. The summed E-state index contributed by atoms with van der Waals surface area (Å²) in [7, 11) is 1.77. The van der Waals surface area contributed by atoms with Gasteiger partial charge in [-0.15, -0.1) is 11.6 Å². The molecule has 1 fully saturated rings. The molecule has 1 atom stereocenters. The lowest BCUT2D eigenvalue weighted by Crippen LogP contribution is -2.43. The van der Waals surface area contributed by atoms with E-state index in [1.807, 2.05) is 19.1 Å². The summed E-state index contributed by atoms with van der Waals surface area (Å²) in [5, 5.41) is 9.04. The summed E-state index contributed by atoms with van der Waals surface area (Å²) in [6, 6.07) is 7.88. The number of para-hydroxylation sites is 1. The van der Waals surface area contributed by atoms with Crippen molar-refractivity contribution in [2.45, 2.75) is 43.7 Å². The largest absolute Gasteiger partial charge is 0.376 e. The first kappa shape index (κ1) is 14.4. The quantitative estimate of drug-likeness (QED) is 0.808. The molecular weight excluding hydrogens is 286 g/mol. The highest BCUT2D eigenvalue weighted by atomic mass is 35.5. The van der Waals surface area contributed by atoms with Gasteiger partial charge in [-0.3, -0.25) is 0 Å². The Hall–Kier alpha value is -1.57. The summed E-state index contributed by atoms with van der Waals surface area (Å²) in [5.74, 6) is 0.803. The van der Waals surface area contributed by atoms with E-state index in [0.29, 0.717) is 5.56 Å². The van der Waals surface area contributed by atoms with Crippen molar-refractivity contribution in [2.24, 2.45) is 0 Å². The number of fused-ring (bicyclic) bond motifs is 1. The predicted molar refractivity (Wildman–Crippen MR) is 82.3 cm³/mol. The standard InChI is InChI=1S/C16H18ClN3O/c1-11(17)15-19-14-12(9-18)5-3-6-13(14)20(15)10-16(21-2)7-4-8-16/h3,5-6,11H,4,7-8,10H2,1-2H3. The molecule has 1 saturated carbocycles. The van der Waals surface area contributed by atoms with Gasteiger partial charge < -0.3 is 9.30 Å². The van der Waals surface area contributed by atoms with Crippen LogP contribution in [0.25, 0.3) is 11.0 Å². The van der Waals surface area contributed by atoms with Gasteiger partial charge in [-0.25, -0.2) is 4.98 Å². The summed E-state index contributed by atoms with van der Waals surface area (Å²) in [5.41, 5.74) is 2.16. The molecule has 110 valence electrons. The average molecular weight is 304 g/mol. The van der Waals surface area contributed by atoms with E-state index in [4.69, 9.17) is 16.3 Å². The molecule has 1 aliphatic rings. The number of ether oxygens (including phenoxy) is 1. The molecule has 0 amide bonds. The summed E-state index contributed by atoms with van der Waals surface area (Å²) in [6.45, 7) is 2.65. The number of hydrogen-bond acceptors (Lipinski definition) is 3. The first-order valence-corrected chi connectivity index (χ1v) is 7.62. The van der Waals surface area contributed by atoms with Crippen LogP contribution >= 0.6 is 11.6 Å². The van der Waals surface area contributed by atoms with Crippen LogP contribution < -0.4 is 0 Å².